The van der Waals surface area contributed by atoms with Gasteiger partial charge in [0, 0.05) is 25.0 Å². The highest BCUT2D eigenvalue weighted by Crippen LogP contribution is 2.32. The van der Waals surface area contributed by atoms with Gasteiger partial charge in [0.25, 0.3) is 0 Å². The first-order valence-corrected chi connectivity index (χ1v) is 7.05. The van der Waals surface area contributed by atoms with Crippen molar-refractivity contribution in [2.45, 2.75) is 38.8 Å². The van der Waals surface area contributed by atoms with Crippen LogP contribution < -0.4 is 5.32 Å². The molecule has 3 rings (SSSR count). The molecule has 1 atom stereocenters. The second kappa shape index (κ2) is 5.59. The van der Waals surface area contributed by atoms with E-state index in [0.717, 1.165) is 24.2 Å². The lowest BCUT2D eigenvalue weighted by atomic mass is 9.87. The zero-order valence-electron chi connectivity index (χ0n) is 11.6. The molecule has 1 aromatic carbocycles. The van der Waals surface area contributed by atoms with E-state index >= 15 is 0 Å². The summed E-state index contributed by atoms with van der Waals surface area (Å²) in [5, 5.41) is 13.2. The average Bonchev–Trinajstić information content (AvgIpc) is 2.47. The van der Waals surface area contributed by atoms with Crippen LogP contribution in [0.1, 0.15) is 41.4 Å². The molecule has 4 nitrogen and oxygen atoms in total. The Hall–Kier alpha value is -1.94. The van der Waals surface area contributed by atoms with Crippen molar-refractivity contribution in [2.75, 3.05) is 0 Å². The van der Waals surface area contributed by atoms with Crippen LogP contribution >= 0.6 is 0 Å². The minimum atomic E-state index is 0.286. The molecule has 104 valence electrons. The molecule has 0 radical (unpaired) electrons. The van der Waals surface area contributed by atoms with Gasteiger partial charge < -0.3 is 10.4 Å². The Bertz CT molecular complexity index is 595. The first-order valence-electron chi connectivity index (χ1n) is 7.05. The van der Waals surface area contributed by atoms with E-state index in [9.17, 15) is 5.11 Å². The van der Waals surface area contributed by atoms with Crippen molar-refractivity contribution in [3.8, 4) is 5.75 Å². The number of hydrogen-bond acceptors (Lipinski definition) is 4. The molecule has 0 amide bonds. The first-order chi connectivity index (χ1) is 9.72. The van der Waals surface area contributed by atoms with Crippen LogP contribution in [-0.4, -0.2) is 15.1 Å². The lowest BCUT2D eigenvalue weighted by Crippen LogP contribution is -2.25. The van der Waals surface area contributed by atoms with Gasteiger partial charge in [-0.1, -0.05) is 6.07 Å². The molecule has 1 aliphatic carbocycles. The largest absolute Gasteiger partial charge is 0.508 e. The molecule has 0 fully saturated rings. The van der Waals surface area contributed by atoms with E-state index in [-0.39, 0.29) is 6.04 Å². The monoisotopic (exact) mass is 269 g/mol. The fourth-order valence-electron chi connectivity index (χ4n) is 2.74. The van der Waals surface area contributed by atoms with E-state index < -0.39 is 0 Å². The summed E-state index contributed by atoms with van der Waals surface area (Å²) in [6.45, 7) is 2.64. The van der Waals surface area contributed by atoms with Gasteiger partial charge in [-0.2, -0.15) is 0 Å². The van der Waals surface area contributed by atoms with Crippen LogP contribution in [0.25, 0.3) is 0 Å². The summed E-state index contributed by atoms with van der Waals surface area (Å²) in [6, 6.07) is 5.97. The van der Waals surface area contributed by atoms with E-state index in [4.69, 9.17) is 0 Å². The van der Waals surface area contributed by atoms with Crippen molar-refractivity contribution < 1.29 is 5.11 Å². The van der Waals surface area contributed by atoms with Crippen LogP contribution in [-0.2, 0) is 13.0 Å². The maximum absolute atomic E-state index is 9.67. The summed E-state index contributed by atoms with van der Waals surface area (Å²) in [4.78, 5) is 8.62. The molecule has 1 heterocycles. The Morgan fingerprint density at radius 3 is 3.00 bits per heavy atom. The third kappa shape index (κ3) is 2.80. The number of hydrogen-bond donors (Lipinski definition) is 2. The quantitative estimate of drug-likeness (QED) is 0.899. The number of rotatable bonds is 3. The lowest BCUT2D eigenvalue weighted by Gasteiger charge is -2.26. The molecule has 20 heavy (non-hydrogen) atoms. The Morgan fingerprint density at radius 1 is 1.30 bits per heavy atom. The molecular weight excluding hydrogens is 250 g/mol. The maximum atomic E-state index is 9.67. The molecule has 2 N–H and O–H groups in total. The van der Waals surface area contributed by atoms with Gasteiger partial charge in [-0.05, 0) is 49.4 Å². The number of aromatic hydroxyl groups is 1. The SMILES string of the molecule is Cc1cnc(CNC2CCCc3ccc(O)cc32)cn1. The van der Waals surface area contributed by atoms with Crippen molar-refractivity contribution in [3.63, 3.8) is 0 Å². The predicted molar refractivity (Wildman–Crippen MR) is 77.4 cm³/mol. The van der Waals surface area contributed by atoms with Crippen LogP contribution in [0, 0.1) is 6.92 Å². The van der Waals surface area contributed by atoms with E-state index in [1.165, 1.54) is 17.5 Å². The molecule has 0 bridgehead atoms. The van der Waals surface area contributed by atoms with Crippen molar-refractivity contribution in [3.05, 3.63) is 53.1 Å². The molecule has 1 aliphatic rings. The van der Waals surface area contributed by atoms with Crippen molar-refractivity contribution >= 4 is 0 Å². The van der Waals surface area contributed by atoms with Gasteiger partial charge in [0.2, 0.25) is 0 Å². The summed E-state index contributed by atoms with van der Waals surface area (Å²) in [5.74, 6) is 0.340. The number of aryl methyl sites for hydroxylation is 2. The topological polar surface area (TPSA) is 58.0 Å². The average molecular weight is 269 g/mol. The van der Waals surface area contributed by atoms with Crippen LogP contribution in [0.2, 0.25) is 0 Å². The molecule has 0 saturated heterocycles. The highest BCUT2D eigenvalue weighted by Gasteiger charge is 2.20. The molecule has 0 saturated carbocycles. The van der Waals surface area contributed by atoms with Crippen LogP contribution in [0.15, 0.2) is 30.6 Å². The van der Waals surface area contributed by atoms with Crippen molar-refractivity contribution in [1.29, 1.82) is 0 Å². The van der Waals surface area contributed by atoms with Gasteiger partial charge in [0.1, 0.15) is 5.75 Å². The summed E-state index contributed by atoms with van der Waals surface area (Å²) in [7, 11) is 0. The number of nitrogens with zero attached hydrogens (tertiary/aromatic N) is 2. The third-order valence-corrected chi connectivity index (χ3v) is 3.81. The minimum Gasteiger partial charge on any atom is -0.508 e. The second-order valence-corrected chi connectivity index (χ2v) is 5.36. The molecule has 1 unspecified atom stereocenters. The van der Waals surface area contributed by atoms with Gasteiger partial charge in [-0.3, -0.25) is 9.97 Å². The number of phenols is 1. The van der Waals surface area contributed by atoms with Gasteiger partial charge in [-0.25, -0.2) is 0 Å². The number of nitrogens with one attached hydrogen (secondary N) is 1. The van der Waals surface area contributed by atoms with Gasteiger partial charge in [0.15, 0.2) is 0 Å². The highest BCUT2D eigenvalue weighted by atomic mass is 16.3. The molecule has 0 aliphatic heterocycles. The van der Waals surface area contributed by atoms with E-state index in [2.05, 4.69) is 15.3 Å². The zero-order valence-corrected chi connectivity index (χ0v) is 11.6. The normalized spacial score (nSPS) is 17.8. The summed E-state index contributed by atoms with van der Waals surface area (Å²) < 4.78 is 0. The fourth-order valence-corrected chi connectivity index (χ4v) is 2.74. The Balaban J connectivity index is 1.73. The third-order valence-electron chi connectivity index (χ3n) is 3.81. The first kappa shape index (κ1) is 13.1. The summed E-state index contributed by atoms with van der Waals surface area (Å²) in [6.07, 6.45) is 6.97. The number of phenolic OH excluding ortho intramolecular Hbond substituents is 1. The van der Waals surface area contributed by atoms with E-state index in [1.807, 2.05) is 25.3 Å². The predicted octanol–water partition coefficient (Wildman–Crippen LogP) is 2.66. The molecule has 2 aromatic rings. The fraction of sp³-hybridized carbons (Fsp3) is 0.375. The van der Waals surface area contributed by atoms with Gasteiger partial charge in [-0.15, -0.1) is 0 Å². The molecule has 1 aromatic heterocycles. The van der Waals surface area contributed by atoms with Crippen LogP contribution in [0.5, 0.6) is 5.75 Å². The smallest absolute Gasteiger partial charge is 0.115 e. The Morgan fingerprint density at radius 2 is 2.20 bits per heavy atom. The van der Waals surface area contributed by atoms with E-state index in [1.54, 1.807) is 12.3 Å². The van der Waals surface area contributed by atoms with Gasteiger partial charge in [0.05, 0.1) is 11.4 Å². The molecule has 4 heteroatoms. The van der Waals surface area contributed by atoms with Crippen LogP contribution in [0.3, 0.4) is 0 Å². The standard InChI is InChI=1S/C16H19N3O/c1-11-8-18-13(9-17-11)10-19-16-4-2-3-12-5-6-14(20)7-15(12)16/h5-9,16,19-20H,2-4,10H2,1H3. The van der Waals surface area contributed by atoms with Crippen molar-refractivity contribution in [1.82, 2.24) is 15.3 Å². The Labute approximate surface area is 118 Å². The lowest BCUT2D eigenvalue weighted by molar-refractivity contribution is 0.443. The Kier molecular flexibility index (Phi) is 3.65. The van der Waals surface area contributed by atoms with Crippen molar-refractivity contribution in [2.24, 2.45) is 0 Å². The van der Waals surface area contributed by atoms with E-state index in [0.29, 0.717) is 12.3 Å². The maximum Gasteiger partial charge on any atom is 0.115 e. The molecule has 0 spiro atoms. The second-order valence-electron chi connectivity index (χ2n) is 5.36. The highest BCUT2D eigenvalue weighted by molar-refractivity contribution is 5.38. The van der Waals surface area contributed by atoms with Gasteiger partial charge >= 0.3 is 0 Å². The van der Waals surface area contributed by atoms with Crippen LogP contribution in [0.4, 0.5) is 0 Å². The summed E-state index contributed by atoms with van der Waals surface area (Å²) >= 11 is 0. The number of fused-ring (bicyclic) bond motifs is 1. The summed E-state index contributed by atoms with van der Waals surface area (Å²) in [5.41, 5.74) is 4.43. The number of aromatic nitrogens is 2. The zero-order chi connectivity index (χ0) is 13.9. The minimum absolute atomic E-state index is 0.286. The number of benzene rings is 1. The molecular formula is C16H19N3O.